The number of amides is 1. The van der Waals surface area contributed by atoms with Gasteiger partial charge in [0.15, 0.2) is 10.9 Å². The Hall–Kier alpha value is -2.21. The molecule has 22 heavy (non-hydrogen) atoms. The van der Waals surface area contributed by atoms with Gasteiger partial charge in [0.1, 0.15) is 11.4 Å². The van der Waals surface area contributed by atoms with Gasteiger partial charge in [0.25, 0.3) is 0 Å². The molecule has 6 heteroatoms. The van der Waals surface area contributed by atoms with Crippen molar-refractivity contribution in [1.82, 2.24) is 4.98 Å². The van der Waals surface area contributed by atoms with Gasteiger partial charge >= 0.3 is 0 Å². The maximum absolute atomic E-state index is 11.8. The first-order valence-electron chi connectivity index (χ1n) is 6.97. The zero-order chi connectivity index (χ0) is 15.9. The Morgan fingerprint density at radius 3 is 2.59 bits per heavy atom. The average molecular weight is 318 g/mol. The fourth-order valence-electron chi connectivity index (χ4n) is 1.92. The molecular formula is C16H18N2O3S. The molecule has 0 fully saturated rings. The van der Waals surface area contributed by atoms with Crippen molar-refractivity contribution in [3.63, 3.8) is 0 Å². The van der Waals surface area contributed by atoms with Crippen LogP contribution in [0.5, 0.6) is 5.75 Å². The van der Waals surface area contributed by atoms with E-state index in [-0.39, 0.29) is 11.7 Å². The van der Waals surface area contributed by atoms with Crippen LogP contribution in [0.4, 0.5) is 5.13 Å². The highest BCUT2D eigenvalue weighted by Crippen LogP contribution is 2.17. The van der Waals surface area contributed by atoms with Gasteiger partial charge in [-0.2, -0.15) is 0 Å². The third kappa shape index (κ3) is 4.66. The Balaban J connectivity index is 1.76. The van der Waals surface area contributed by atoms with Gasteiger partial charge in [-0.25, -0.2) is 4.98 Å². The number of aryl methyl sites for hydroxylation is 1. The van der Waals surface area contributed by atoms with Gasteiger partial charge in [0, 0.05) is 18.7 Å². The Morgan fingerprint density at radius 2 is 2.00 bits per heavy atom. The van der Waals surface area contributed by atoms with Crippen LogP contribution >= 0.6 is 11.3 Å². The molecule has 5 nitrogen and oxygen atoms in total. The number of carbonyl (C=O) groups is 2. The monoisotopic (exact) mass is 318 g/mol. The molecule has 0 aliphatic rings. The smallest absolute Gasteiger partial charge is 0.226 e. The Bertz CT molecular complexity index is 650. The predicted octanol–water partition coefficient (Wildman–Crippen LogP) is 3.32. The molecule has 2 aromatic rings. The van der Waals surface area contributed by atoms with Crippen molar-refractivity contribution in [2.75, 3.05) is 12.4 Å². The van der Waals surface area contributed by atoms with Crippen molar-refractivity contribution in [2.45, 2.75) is 26.2 Å². The van der Waals surface area contributed by atoms with Crippen LogP contribution in [0.3, 0.4) is 0 Å². The molecular weight excluding hydrogens is 300 g/mol. The first-order chi connectivity index (χ1) is 10.6. The number of anilines is 1. The van der Waals surface area contributed by atoms with Crippen molar-refractivity contribution in [3.05, 3.63) is 40.9 Å². The molecule has 0 aliphatic heterocycles. The number of ketones is 1. The third-order valence-electron chi connectivity index (χ3n) is 3.14. The highest BCUT2D eigenvalue weighted by Gasteiger charge is 2.09. The number of carbonyl (C=O) groups excluding carboxylic acids is 2. The van der Waals surface area contributed by atoms with Gasteiger partial charge in [-0.15, -0.1) is 11.3 Å². The topological polar surface area (TPSA) is 68.3 Å². The van der Waals surface area contributed by atoms with E-state index >= 15 is 0 Å². The fourth-order valence-corrected chi connectivity index (χ4v) is 2.69. The fraction of sp³-hybridized carbons (Fsp3) is 0.312. The van der Waals surface area contributed by atoms with E-state index in [1.54, 1.807) is 12.5 Å². The van der Waals surface area contributed by atoms with Gasteiger partial charge in [-0.3, -0.25) is 9.59 Å². The van der Waals surface area contributed by atoms with E-state index in [1.165, 1.54) is 23.8 Å². The minimum Gasteiger partial charge on any atom is -0.497 e. The first kappa shape index (κ1) is 16.2. The van der Waals surface area contributed by atoms with E-state index in [4.69, 9.17) is 4.74 Å². The summed E-state index contributed by atoms with van der Waals surface area (Å²) in [6.45, 7) is 1.45. The summed E-state index contributed by atoms with van der Waals surface area (Å²) < 4.78 is 5.10. The first-order valence-corrected chi connectivity index (χ1v) is 7.85. The normalized spacial score (nSPS) is 10.3. The van der Waals surface area contributed by atoms with E-state index in [0.717, 1.165) is 18.6 Å². The summed E-state index contributed by atoms with van der Waals surface area (Å²) >= 11 is 1.26. The lowest BCUT2D eigenvalue weighted by molar-refractivity contribution is -0.116. The second-order valence-corrected chi connectivity index (χ2v) is 5.70. The molecule has 1 N–H and O–H groups in total. The summed E-state index contributed by atoms with van der Waals surface area (Å²) in [7, 11) is 1.63. The maximum Gasteiger partial charge on any atom is 0.226 e. The Kier molecular flexibility index (Phi) is 5.66. The molecule has 116 valence electrons. The van der Waals surface area contributed by atoms with Crippen LogP contribution < -0.4 is 10.1 Å². The molecule has 0 saturated carbocycles. The van der Waals surface area contributed by atoms with Crippen molar-refractivity contribution in [2.24, 2.45) is 0 Å². The molecule has 0 spiro atoms. The molecule has 0 bridgehead atoms. The van der Waals surface area contributed by atoms with Crippen molar-refractivity contribution < 1.29 is 14.3 Å². The second-order valence-electron chi connectivity index (χ2n) is 4.84. The van der Waals surface area contributed by atoms with Gasteiger partial charge in [-0.05, 0) is 30.5 Å². The zero-order valence-electron chi connectivity index (χ0n) is 12.6. The van der Waals surface area contributed by atoms with Crippen LogP contribution in [0.1, 0.15) is 35.8 Å². The minimum atomic E-state index is -0.101. The zero-order valence-corrected chi connectivity index (χ0v) is 13.4. The summed E-state index contributed by atoms with van der Waals surface area (Å²) in [4.78, 5) is 27.0. The highest BCUT2D eigenvalue weighted by atomic mass is 32.1. The number of rotatable bonds is 7. The van der Waals surface area contributed by atoms with Crippen LogP contribution in [-0.4, -0.2) is 23.8 Å². The number of ether oxygens (including phenoxy) is 1. The van der Waals surface area contributed by atoms with Gasteiger partial charge < -0.3 is 10.1 Å². The predicted molar refractivity (Wildman–Crippen MR) is 86.7 cm³/mol. The quantitative estimate of drug-likeness (QED) is 0.795. The molecule has 0 radical (unpaired) electrons. The van der Waals surface area contributed by atoms with Crippen LogP contribution in [0.15, 0.2) is 29.6 Å². The number of nitrogens with one attached hydrogen (secondary N) is 1. The number of aromatic nitrogens is 1. The molecule has 1 aromatic heterocycles. The molecule has 2 rings (SSSR count). The van der Waals surface area contributed by atoms with Crippen molar-refractivity contribution in [3.8, 4) is 5.75 Å². The van der Waals surface area contributed by atoms with E-state index in [2.05, 4.69) is 10.3 Å². The SMILES string of the molecule is COc1ccc(CCCC(=O)Nc2nc(C(C)=O)cs2)cc1. The molecule has 1 heterocycles. The lowest BCUT2D eigenvalue weighted by Gasteiger charge is -2.04. The van der Waals surface area contributed by atoms with E-state index < -0.39 is 0 Å². The van der Waals surface area contributed by atoms with E-state index in [9.17, 15) is 9.59 Å². The number of benzene rings is 1. The number of hydrogen-bond acceptors (Lipinski definition) is 5. The second kappa shape index (κ2) is 7.70. The summed E-state index contributed by atoms with van der Waals surface area (Å²) in [5, 5.41) is 4.84. The van der Waals surface area contributed by atoms with Crippen molar-refractivity contribution in [1.29, 1.82) is 0 Å². The number of thiazole rings is 1. The lowest BCUT2D eigenvalue weighted by atomic mass is 10.1. The number of Topliss-reactive ketones (excluding diaryl/α,β-unsaturated/α-hetero) is 1. The third-order valence-corrected chi connectivity index (χ3v) is 3.90. The van der Waals surface area contributed by atoms with Gasteiger partial charge in [0.2, 0.25) is 5.91 Å². The molecule has 1 aromatic carbocycles. The van der Waals surface area contributed by atoms with Crippen LogP contribution in [-0.2, 0) is 11.2 Å². The molecule has 0 saturated heterocycles. The Morgan fingerprint density at radius 1 is 1.27 bits per heavy atom. The summed E-state index contributed by atoms with van der Waals surface area (Å²) in [5.74, 6) is 0.640. The Labute approximate surface area is 133 Å². The van der Waals surface area contributed by atoms with E-state index in [1.807, 2.05) is 24.3 Å². The summed E-state index contributed by atoms with van der Waals surface area (Å²) in [5.41, 5.74) is 1.56. The molecule has 1 amide bonds. The van der Waals surface area contributed by atoms with Crippen LogP contribution in [0.2, 0.25) is 0 Å². The molecule has 0 unspecified atom stereocenters. The van der Waals surface area contributed by atoms with Gasteiger partial charge in [0.05, 0.1) is 7.11 Å². The number of hydrogen-bond donors (Lipinski definition) is 1. The maximum atomic E-state index is 11.8. The van der Waals surface area contributed by atoms with Crippen LogP contribution in [0, 0.1) is 0 Å². The number of nitrogens with zero attached hydrogens (tertiary/aromatic N) is 1. The lowest BCUT2D eigenvalue weighted by Crippen LogP contribution is -2.11. The average Bonchev–Trinajstić information content (AvgIpc) is 2.96. The highest BCUT2D eigenvalue weighted by molar-refractivity contribution is 7.14. The molecule has 0 aliphatic carbocycles. The summed E-state index contributed by atoms with van der Waals surface area (Å²) in [6, 6.07) is 7.82. The standard InChI is InChI=1S/C16H18N2O3S/c1-11(19)14-10-22-16(17-14)18-15(20)5-3-4-12-6-8-13(21-2)9-7-12/h6-10H,3-5H2,1-2H3,(H,17,18,20). The van der Waals surface area contributed by atoms with Crippen LogP contribution in [0.25, 0.3) is 0 Å². The minimum absolute atomic E-state index is 0.0852. The van der Waals surface area contributed by atoms with Crippen molar-refractivity contribution >= 4 is 28.2 Å². The summed E-state index contributed by atoms with van der Waals surface area (Å²) in [6.07, 6.45) is 2.00. The number of methoxy groups -OCH3 is 1. The van der Waals surface area contributed by atoms with Gasteiger partial charge in [-0.1, -0.05) is 12.1 Å². The molecule has 0 atom stereocenters. The largest absolute Gasteiger partial charge is 0.497 e. The van der Waals surface area contributed by atoms with E-state index in [0.29, 0.717) is 17.2 Å².